The van der Waals surface area contributed by atoms with Crippen LogP contribution in [0.3, 0.4) is 0 Å². The molecule has 4 nitrogen and oxygen atoms in total. The smallest absolute Gasteiger partial charge is 0.329 e. The standard InChI is InChI=1S/C14H23NO3/c1-2-10-6-8-14(9-7-10,13(17)18)15-12(16)11-4-3-5-11/h10-11H,2-9H2,1H3,(H,15,16)(H,17,18). The monoisotopic (exact) mass is 253 g/mol. The molecule has 2 rings (SSSR count). The van der Waals surface area contributed by atoms with Gasteiger partial charge in [0.15, 0.2) is 0 Å². The Morgan fingerprint density at radius 2 is 1.83 bits per heavy atom. The van der Waals surface area contributed by atoms with Gasteiger partial charge in [-0.2, -0.15) is 0 Å². The number of aliphatic carboxylic acids is 1. The van der Waals surface area contributed by atoms with Crippen LogP contribution in [0.5, 0.6) is 0 Å². The summed E-state index contributed by atoms with van der Waals surface area (Å²) < 4.78 is 0. The highest BCUT2D eigenvalue weighted by Gasteiger charge is 2.44. The first-order valence-corrected chi connectivity index (χ1v) is 7.13. The molecule has 0 aromatic heterocycles. The molecule has 0 spiro atoms. The SMILES string of the molecule is CCC1CCC(NC(=O)C2CCC2)(C(=O)O)CC1. The third kappa shape index (κ3) is 2.52. The molecule has 102 valence electrons. The molecule has 0 aromatic rings. The van der Waals surface area contributed by atoms with E-state index in [1.165, 1.54) is 0 Å². The van der Waals surface area contributed by atoms with E-state index in [1.54, 1.807) is 0 Å². The Balaban J connectivity index is 1.99. The number of carboxylic acid groups (broad SMARTS) is 1. The summed E-state index contributed by atoms with van der Waals surface area (Å²) >= 11 is 0. The minimum absolute atomic E-state index is 0.0430. The fraction of sp³-hybridized carbons (Fsp3) is 0.857. The largest absolute Gasteiger partial charge is 0.480 e. The van der Waals surface area contributed by atoms with Crippen LogP contribution in [0, 0.1) is 11.8 Å². The molecular weight excluding hydrogens is 230 g/mol. The molecule has 0 radical (unpaired) electrons. The summed E-state index contributed by atoms with van der Waals surface area (Å²) in [5.41, 5.74) is -0.988. The van der Waals surface area contributed by atoms with Crippen molar-refractivity contribution in [1.82, 2.24) is 5.32 Å². The molecule has 0 aromatic carbocycles. The number of carboxylic acids is 1. The average molecular weight is 253 g/mol. The summed E-state index contributed by atoms with van der Waals surface area (Å²) in [6.07, 6.45) is 7.01. The maximum absolute atomic E-state index is 12.0. The maximum Gasteiger partial charge on any atom is 0.329 e. The van der Waals surface area contributed by atoms with Gasteiger partial charge in [0.2, 0.25) is 5.91 Å². The van der Waals surface area contributed by atoms with Gasteiger partial charge >= 0.3 is 5.97 Å². The number of carbonyl (C=O) groups excluding carboxylic acids is 1. The van der Waals surface area contributed by atoms with Crippen molar-refractivity contribution in [3.05, 3.63) is 0 Å². The molecule has 18 heavy (non-hydrogen) atoms. The molecule has 2 saturated carbocycles. The van der Waals surface area contributed by atoms with E-state index < -0.39 is 11.5 Å². The maximum atomic E-state index is 12.0. The van der Waals surface area contributed by atoms with E-state index in [9.17, 15) is 14.7 Å². The Morgan fingerprint density at radius 1 is 1.22 bits per heavy atom. The molecule has 0 atom stereocenters. The van der Waals surface area contributed by atoms with Crippen LogP contribution < -0.4 is 5.32 Å². The fourth-order valence-electron chi connectivity index (χ4n) is 2.98. The van der Waals surface area contributed by atoms with Crippen LogP contribution in [0.15, 0.2) is 0 Å². The minimum Gasteiger partial charge on any atom is -0.480 e. The van der Waals surface area contributed by atoms with Crippen LogP contribution in [-0.4, -0.2) is 22.5 Å². The first kappa shape index (κ1) is 13.4. The second kappa shape index (κ2) is 5.29. The Hall–Kier alpha value is -1.06. The number of hydrogen-bond acceptors (Lipinski definition) is 2. The Bertz CT molecular complexity index is 328. The molecule has 0 saturated heterocycles. The summed E-state index contributed by atoms with van der Waals surface area (Å²) in [5, 5.41) is 12.3. The molecule has 0 aliphatic heterocycles. The van der Waals surface area contributed by atoms with Crippen molar-refractivity contribution in [1.29, 1.82) is 0 Å². The summed E-state index contributed by atoms with van der Waals surface area (Å²) in [7, 11) is 0. The van der Waals surface area contributed by atoms with Gasteiger partial charge in [-0.1, -0.05) is 19.8 Å². The van der Waals surface area contributed by atoms with E-state index in [0.29, 0.717) is 18.8 Å². The summed E-state index contributed by atoms with van der Waals surface area (Å²) in [4.78, 5) is 23.5. The van der Waals surface area contributed by atoms with Gasteiger partial charge in [0, 0.05) is 5.92 Å². The zero-order chi connectivity index (χ0) is 13.2. The number of rotatable bonds is 4. The normalized spacial score (nSPS) is 32.6. The van der Waals surface area contributed by atoms with E-state index in [0.717, 1.165) is 38.5 Å². The van der Waals surface area contributed by atoms with Crippen LogP contribution >= 0.6 is 0 Å². The Morgan fingerprint density at radius 3 is 2.22 bits per heavy atom. The predicted molar refractivity (Wildman–Crippen MR) is 68.1 cm³/mol. The van der Waals surface area contributed by atoms with Crippen molar-refractivity contribution in [3.63, 3.8) is 0 Å². The second-order valence-electron chi connectivity index (χ2n) is 5.86. The summed E-state index contributed by atoms with van der Waals surface area (Å²) in [6.45, 7) is 2.14. The number of carbonyl (C=O) groups is 2. The van der Waals surface area contributed by atoms with Gasteiger partial charge in [-0.3, -0.25) is 4.79 Å². The second-order valence-corrected chi connectivity index (χ2v) is 5.86. The van der Waals surface area contributed by atoms with Crippen LogP contribution in [0.4, 0.5) is 0 Å². The summed E-state index contributed by atoms with van der Waals surface area (Å²) in [6, 6.07) is 0. The van der Waals surface area contributed by atoms with E-state index in [4.69, 9.17) is 0 Å². The van der Waals surface area contributed by atoms with Gasteiger partial charge in [-0.25, -0.2) is 4.79 Å². The van der Waals surface area contributed by atoms with Gasteiger partial charge in [-0.05, 0) is 44.4 Å². The number of nitrogens with one attached hydrogen (secondary N) is 1. The van der Waals surface area contributed by atoms with Crippen molar-refractivity contribution < 1.29 is 14.7 Å². The van der Waals surface area contributed by atoms with Crippen molar-refractivity contribution in [2.45, 2.75) is 63.8 Å². The molecular formula is C14H23NO3. The molecule has 2 aliphatic rings. The number of hydrogen-bond donors (Lipinski definition) is 2. The Labute approximate surface area is 108 Å². The van der Waals surface area contributed by atoms with Gasteiger partial charge < -0.3 is 10.4 Å². The van der Waals surface area contributed by atoms with Gasteiger partial charge in [0.25, 0.3) is 0 Å². The zero-order valence-electron chi connectivity index (χ0n) is 11.1. The minimum atomic E-state index is -0.988. The Kier molecular flexibility index (Phi) is 3.93. The van der Waals surface area contributed by atoms with Gasteiger partial charge in [-0.15, -0.1) is 0 Å². The zero-order valence-corrected chi connectivity index (χ0v) is 11.1. The van der Waals surface area contributed by atoms with Gasteiger partial charge in [0.05, 0.1) is 0 Å². The van der Waals surface area contributed by atoms with E-state index in [2.05, 4.69) is 12.2 Å². The first-order chi connectivity index (χ1) is 8.57. The van der Waals surface area contributed by atoms with E-state index >= 15 is 0 Å². The fourth-order valence-corrected chi connectivity index (χ4v) is 2.98. The molecule has 2 aliphatic carbocycles. The topological polar surface area (TPSA) is 66.4 Å². The lowest BCUT2D eigenvalue weighted by Gasteiger charge is -2.39. The lowest BCUT2D eigenvalue weighted by Crippen LogP contribution is -2.58. The number of amides is 1. The van der Waals surface area contributed by atoms with Crippen LogP contribution in [0.25, 0.3) is 0 Å². The molecule has 2 N–H and O–H groups in total. The predicted octanol–water partition coefficient (Wildman–Crippen LogP) is 2.33. The third-order valence-electron chi connectivity index (χ3n) is 4.78. The molecule has 2 fully saturated rings. The lowest BCUT2D eigenvalue weighted by molar-refractivity contribution is -0.151. The first-order valence-electron chi connectivity index (χ1n) is 7.13. The highest BCUT2D eigenvalue weighted by Crippen LogP contribution is 2.35. The molecule has 0 heterocycles. The summed E-state index contributed by atoms with van der Waals surface area (Å²) in [5.74, 6) is -0.216. The highest BCUT2D eigenvalue weighted by atomic mass is 16.4. The van der Waals surface area contributed by atoms with Crippen LogP contribution in [-0.2, 0) is 9.59 Å². The van der Waals surface area contributed by atoms with E-state index in [1.807, 2.05) is 0 Å². The average Bonchev–Trinajstić information content (AvgIpc) is 2.27. The van der Waals surface area contributed by atoms with Crippen molar-refractivity contribution in [3.8, 4) is 0 Å². The highest BCUT2D eigenvalue weighted by molar-refractivity contribution is 5.88. The molecule has 0 unspecified atom stereocenters. The quantitative estimate of drug-likeness (QED) is 0.808. The van der Waals surface area contributed by atoms with Crippen molar-refractivity contribution in [2.24, 2.45) is 11.8 Å². The molecule has 1 amide bonds. The molecule has 4 heteroatoms. The third-order valence-corrected chi connectivity index (χ3v) is 4.78. The lowest BCUT2D eigenvalue weighted by atomic mass is 9.74. The van der Waals surface area contributed by atoms with Crippen LogP contribution in [0.1, 0.15) is 58.3 Å². The van der Waals surface area contributed by atoms with Crippen LogP contribution in [0.2, 0.25) is 0 Å². The molecule has 0 bridgehead atoms. The van der Waals surface area contributed by atoms with Gasteiger partial charge in [0.1, 0.15) is 5.54 Å². The van der Waals surface area contributed by atoms with Crippen molar-refractivity contribution >= 4 is 11.9 Å². The van der Waals surface area contributed by atoms with Crippen molar-refractivity contribution in [2.75, 3.05) is 0 Å². The van der Waals surface area contributed by atoms with E-state index in [-0.39, 0.29) is 11.8 Å².